The molecule has 6 aromatic rings. The lowest BCUT2D eigenvalue weighted by atomic mass is 9.81. The molecule has 0 fully saturated rings. The quantitative estimate of drug-likeness (QED) is 0.211. The molecule has 0 aromatic heterocycles. The highest BCUT2D eigenvalue weighted by atomic mass is 14.2. The largest absolute Gasteiger partial charge is 0.0619 e. The molecule has 1 aliphatic rings. The molecule has 7 rings (SSSR count). The van der Waals surface area contributed by atoms with Gasteiger partial charge in [-0.05, 0) is 83.5 Å². The Morgan fingerprint density at radius 2 is 1.22 bits per heavy atom. The molecule has 0 heterocycles. The van der Waals surface area contributed by atoms with Gasteiger partial charge in [0.2, 0.25) is 0 Å². The summed E-state index contributed by atoms with van der Waals surface area (Å²) in [4.78, 5) is 0. The van der Waals surface area contributed by atoms with Crippen molar-refractivity contribution in [1.29, 1.82) is 0 Å². The highest BCUT2D eigenvalue weighted by molar-refractivity contribution is 6.23. The van der Waals surface area contributed by atoms with Gasteiger partial charge in [0, 0.05) is 0 Å². The molecule has 0 N–H and O–H groups in total. The molecule has 0 spiro atoms. The average molecular weight is 467 g/mol. The summed E-state index contributed by atoms with van der Waals surface area (Å²) in [5, 5.41) is 8.26. The van der Waals surface area contributed by atoms with E-state index in [4.69, 9.17) is 0 Å². The Labute approximate surface area is 214 Å². The van der Waals surface area contributed by atoms with Crippen molar-refractivity contribution in [2.45, 2.75) is 52.4 Å². The van der Waals surface area contributed by atoms with Gasteiger partial charge in [0.25, 0.3) is 0 Å². The molecule has 178 valence electrons. The summed E-state index contributed by atoms with van der Waals surface area (Å²) in [5.74, 6) is 0.619. The van der Waals surface area contributed by atoms with Gasteiger partial charge in [-0.25, -0.2) is 0 Å². The normalized spacial score (nSPS) is 12.7. The van der Waals surface area contributed by atoms with E-state index in [0.29, 0.717) is 5.92 Å². The van der Waals surface area contributed by atoms with Gasteiger partial charge in [0.15, 0.2) is 0 Å². The molecule has 0 aliphatic heterocycles. The fourth-order valence-electron chi connectivity index (χ4n) is 5.91. The van der Waals surface area contributed by atoms with E-state index < -0.39 is 0 Å². The molecule has 0 bridgehead atoms. The lowest BCUT2D eigenvalue weighted by Gasteiger charge is -2.23. The van der Waals surface area contributed by atoms with Gasteiger partial charge in [0.1, 0.15) is 0 Å². The lowest BCUT2D eigenvalue weighted by Crippen LogP contribution is -2.11. The van der Waals surface area contributed by atoms with Crippen LogP contribution >= 0.6 is 0 Å². The van der Waals surface area contributed by atoms with Crippen molar-refractivity contribution in [1.82, 2.24) is 0 Å². The Morgan fingerprint density at radius 3 is 1.94 bits per heavy atom. The van der Waals surface area contributed by atoms with Gasteiger partial charge in [-0.15, -0.1) is 0 Å². The number of hydrogen-bond donors (Lipinski definition) is 0. The van der Waals surface area contributed by atoms with Crippen LogP contribution in [0, 0.1) is 0 Å². The summed E-state index contributed by atoms with van der Waals surface area (Å²) >= 11 is 0. The first-order valence-electron chi connectivity index (χ1n) is 13.2. The smallest absolute Gasteiger partial charge is 0.00134 e. The molecule has 0 saturated carbocycles. The Kier molecular flexibility index (Phi) is 5.38. The zero-order chi connectivity index (χ0) is 25.0. The lowest BCUT2D eigenvalue weighted by molar-refractivity contribution is 0.596. The standard InChI is InChI=1S/C20H18.C16H16/c1-20(2,3)17-12-10-15-8-7-13-5-4-6-14-9-11-16(17)19(15)18(13)14;1-11(2)12-7-8-16-14(9-12)10-13-5-3-4-6-15(13)16/h4-12H,1-3H3;3-9,11H,10H2,1-2H3. The van der Waals surface area contributed by atoms with E-state index in [-0.39, 0.29) is 5.41 Å². The summed E-state index contributed by atoms with van der Waals surface area (Å²) in [6.45, 7) is 11.4. The monoisotopic (exact) mass is 466 g/mol. The third kappa shape index (κ3) is 3.77. The Morgan fingerprint density at radius 1 is 0.583 bits per heavy atom. The van der Waals surface area contributed by atoms with Crippen LogP contribution in [0.4, 0.5) is 0 Å². The maximum Gasteiger partial charge on any atom is -0.00134 e. The van der Waals surface area contributed by atoms with Gasteiger partial charge < -0.3 is 0 Å². The number of hydrogen-bond acceptors (Lipinski definition) is 0. The van der Waals surface area contributed by atoms with E-state index in [1.165, 1.54) is 65.7 Å². The average Bonchev–Trinajstić information content (AvgIpc) is 3.25. The molecule has 0 radical (unpaired) electrons. The molecular weight excluding hydrogens is 432 g/mol. The minimum absolute atomic E-state index is 0.169. The minimum Gasteiger partial charge on any atom is -0.0619 e. The third-order valence-electron chi connectivity index (χ3n) is 7.82. The van der Waals surface area contributed by atoms with Crippen LogP contribution in [0.1, 0.15) is 62.8 Å². The van der Waals surface area contributed by atoms with Gasteiger partial charge in [-0.1, -0.05) is 132 Å². The SMILES string of the molecule is CC(C)(C)c1ccc2ccc3cccc4ccc1c2c34.CC(C)c1ccc2c(c1)Cc1ccccc1-2. The van der Waals surface area contributed by atoms with Gasteiger partial charge in [-0.2, -0.15) is 0 Å². The molecule has 36 heavy (non-hydrogen) atoms. The topological polar surface area (TPSA) is 0 Å². The molecule has 0 saturated heterocycles. The van der Waals surface area contributed by atoms with E-state index in [1.807, 2.05) is 0 Å². The molecule has 0 amide bonds. The predicted molar refractivity (Wildman–Crippen MR) is 158 cm³/mol. The van der Waals surface area contributed by atoms with Crippen LogP contribution in [-0.2, 0) is 11.8 Å². The van der Waals surface area contributed by atoms with Gasteiger partial charge in [-0.3, -0.25) is 0 Å². The predicted octanol–water partition coefficient (Wildman–Crippen LogP) is 10.3. The van der Waals surface area contributed by atoms with E-state index >= 15 is 0 Å². The Balaban J connectivity index is 0.000000137. The summed E-state index contributed by atoms with van der Waals surface area (Å²) in [7, 11) is 0. The van der Waals surface area contributed by atoms with Crippen molar-refractivity contribution in [3.63, 3.8) is 0 Å². The summed E-state index contributed by atoms with van der Waals surface area (Å²) in [6, 6.07) is 35.8. The first-order chi connectivity index (χ1) is 17.3. The van der Waals surface area contributed by atoms with Crippen molar-refractivity contribution in [2.75, 3.05) is 0 Å². The van der Waals surface area contributed by atoms with Crippen LogP contribution in [0.5, 0.6) is 0 Å². The molecule has 6 aromatic carbocycles. The summed E-state index contributed by atoms with van der Waals surface area (Å²) in [5.41, 5.74) is 8.87. The number of fused-ring (bicyclic) bond motifs is 3. The fraction of sp³-hybridized carbons (Fsp3) is 0.222. The molecule has 0 nitrogen and oxygen atoms in total. The first kappa shape index (κ1) is 22.8. The maximum atomic E-state index is 2.38. The van der Waals surface area contributed by atoms with Crippen molar-refractivity contribution in [2.24, 2.45) is 0 Å². The van der Waals surface area contributed by atoms with Gasteiger partial charge in [0.05, 0.1) is 0 Å². The van der Waals surface area contributed by atoms with E-state index in [9.17, 15) is 0 Å². The van der Waals surface area contributed by atoms with Gasteiger partial charge >= 0.3 is 0 Å². The molecule has 0 unspecified atom stereocenters. The van der Waals surface area contributed by atoms with Crippen LogP contribution < -0.4 is 0 Å². The second kappa shape index (κ2) is 8.49. The zero-order valence-electron chi connectivity index (χ0n) is 22.0. The summed E-state index contributed by atoms with van der Waals surface area (Å²) in [6.07, 6.45) is 1.10. The van der Waals surface area contributed by atoms with Crippen LogP contribution in [0.15, 0.2) is 97.1 Å². The van der Waals surface area contributed by atoms with Crippen LogP contribution in [0.25, 0.3) is 43.4 Å². The van der Waals surface area contributed by atoms with Crippen molar-refractivity contribution < 1.29 is 0 Å². The summed E-state index contributed by atoms with van der Waals surface area (Å²) < 4.78 is 0. The second-order valence-corrected chi connectivity index (χ2v) is 11.6. The molecule has 1 aliphatic carbocycles. The van der Waals surface area contributed by atoms with E-state index in [0.717, 1.165) is 6.42 Å². The molecule has 0 heteroatoms. The van der Waals surface area contributed by atoms with Crippen LogP contribution in [0.3, 0.4) is 0 Å². The maximum absolute atomic E-state index is 2.38. The van der Waals surface area contributed by atoms with Crippen LogP contribution in [0.2, 0.25) is 0 Å². The Bertz CT molecular complexity index is 1690. The first-order valence-corrected chi connectivity index (χ1v) is 13.2. The van der Waals surface area contributed by atoms with Crippen molar-refractivity contribution in [3.05, 3.63) is 119 Å². The van der Waals surface area contributed by atoms with Crippen molar-refractivity contribution in [3.8, 4) is 11.1 Å². The molecular formula is C36H34. The highest BCUT2D eigenvalue weighted by Gasteiger charge is 2.19. The zero-order valence-corrected chi connectivity index (χ0v) is 22.0. The van der Waals surface area contributed by atoms with E-state index in [2.05, 4.69) is 132 Å². The Hall–Kier alpha value is -3.64. The fourth-order valence-corrected chi connectivity index (χ4v) is 5.91. The van der Waals surface area contributed by atoms with Crippen molar-refractivity contribution >= 4 is 32.3 Å². The number of rotatable bonds is 1. The van der Waals surface area contributed by atoms with Crippen LogP contribution in [-0.4, -0.2) is 0 Å². The minimum atomic E-state index is 0.169. The van der Waals surface area contributed by atoms with E-state index in [1.54, 1.807) is 0 Å². The second-order valence-electron chi connectivity index (χ2n) is 11.6. The molecule has 0 atom stereocenters. The highest BCUT2D eigenvalue weighted by Crippen LogP contribution is 2.39. The third-order valence-corrected chi connectivity index (χ3v) is 7.82. The number of benzene rings is 6.